The van der Waals surface area contributed by atoms with E-state index >= 15 is 0 Å². The normalized spacial score (nSPS) is 20.0. The van der Waals surface area contributed by atoms with E-state index in [1.807, 2.05) is 12.1 Å². The molecule has 1 amide bonds. The van der Waals surface area contributed by atoms with Crippen molar-refractivity contribution in [1.82, 2.24) is 19.9 Å². The summed E-state index contributed by atoms with van der Waals surface area (Å²) < 4.78 is 20.9. The summed E-state index contributed by atoms with van der Waals surface area (Å²) in [4.78, 5) is 29.5. The number of rotatable bonds is 9. The van der Waals surface area contributed by atoms with Crippen molar-refractivity contribution in [3.8, 4) is 17.5 Å². The molecule has 11 heteroatoms. The smallest absolute Gasteiger partial charge is 0.306 e. The second-order valence-electron chi connectivity index (χ2n) is 11.3. The first-order valence-corrected chi connectivity index (χ1v) is 13.3. The van der Waals surface area contributed by atoms with Crippen LogP contribution in [0.25, 0.3) is 16.9 Å². The second-order valence-corrected chi connectivity index (χ2v) is 11.3. The number of esters is 1. The van der Waals surface area contributed by atoms with Crippen LogP contribution in [0.5, 0.6) is 0 Å². The SMILES string of the molecule is COC(=O)CC1(C)CCC(Nc2cc(-c3ccc4cc(C#N)cnn34)ncc2C(=O)NC[C@@H](F)C(C)(C)O)CC1. The number of fused-ring (bicyclic) bond motifs is 1. The molecule has 0 unspecified atom stereocenters. The quantitative estimate of drug-likeness (QED) is 0.339. The standard InChI is InChI=1S/C29H35FN6O4/c1-28(2,39)25(30)17-33-27(38)21-16-32-23(24-6-5-20-11-18(14-31)15-34-36(20)24)12-22(21)35-19-7-9-29(3,10-8-19)13-26(37)40-4/h5-6,11-12,15-16,19,25,39H,7-10,13,17H2,1-4H3,(H,32,35)(H,33,38)/t19?,25-,29?/m1/s1. The molecular formula is C29H35FN6O4. The zero-order valence-corrected chi connectivity index (χ0v) is 23.2. The van der Waals surface area contributed by atoms with Gasteiger partial charge in [-0.1, -0.05) is 6.92 Å². The van der Waals surface area contributed by atoms with Crippen LogP contribution < -0.4 is 10.6 Å². The zero-order valence-electron chi connectivity index (χ0n) is 23.2. The van der Waals surface area contributed by atoms with Crippen LogP contribution >= 0.6 is 0 Å². The van der Waals surface area contributed by atoms with E-state index in [0.29, 0.717) is 29.1 Å². The Balaban J connectivity index is 1.61. The van der Waals surface area contributed by atoms with E-state index in [1.165, 1.54) is 33.4 Å². The van der Waals surface area contributed by atoms with Crippen LogP contribution in [0.15, 0.2) is 36.7 Å². The average molecular weight is 551 g/mol. The fourth-order valence-corrected chi connectivity index (χ4v) is 4.95. The molecule has 3 aromatic heterocycles. The molecule has 0 saturated heterocycles. The molecule has 3 aromatic rings. The van der Waals surface area contributed by atoms with Gasteiger partial charge < -0.3 is 20.5 Å². The molecule has 10 nitrogen and oxygen atoms in total. The van der Waals surface area contributed by atoms with Crippen molar-refractivity contribution in [3.05, 3.63) is 47.8 Å². The summed E-state index contributed by atoms with van der Waals surface area (Å²) in [5.74, 6) is -0.740. The summed E-state index contributed by atoms with van der Waals surface area (Å²) >= 11 is 0. The number of pyridine rings is 1. The number of anilines is 1. The lowest BCUT2D eigenvalue weighted by Gasteiger charge is -2.37. The summed E-state index contributed by atoms with van der Waals surface area (Å²) in [6.45, 7) is 4.43. The summed E-state index contributed by atoms with van der Waals surface area (Å²) in [5.41, 5.74) is 1.43. The molecule has 0 aromatic carbocycles. The van der Waals surface area contributed by atoms with Gasteiger partial charge in [0.25, 0.3) is 5.91 Å². The second kappa shape index (κ2) is 11.6. The van der Waals surface area contributed by atoms with Gasteiger partial charge >= 0.3 is 5.97 Å². The van der Waals surface area contributed by atoms with Gasteiger partial charge in [-0.15, -0.1) is 0 Å². The maximum atomic E-state index is 14.3. The first-order chi connectivity index (χ1) is 18.9. The first kappa shape index (κ1) is 29.0. The van der Waals surface area contributed by atoms with Gasteiger partial charge in [0.1, 0.15) is 12.2 Å². The van der Waals surface area contributed by atoms with E-state index < -0.39 is 17.7 Å². The molecule has 4 rings (SSSR count). The van der Waals surface area contributed by atoms with E-state index in [-0.39, 0.29) is 29.5 Å². The monoisotopic (exact) mass is 550 g/mol. The molecule has 0 radical (unpaired) electrons. The first-order valence-electron chi connectivity index (χ1n) is 13.3. The number of carbonyl (C=O) groups is 2. The van der Waals surface area contributed by atoms with E-state index in [2.05, 4.69) is 33.7 Å². The predicted octanol–water partition coefficient (Wildman–Crippen LogP) is 4.03. The van der Waals surface area contributed by atoms with Gasteiger partial charge in [0, 0.05) is 12.2 Å². The third-order valence-corrected chi connectivity index (χ3v) is 7.60. The topological polar surface area (TPSA) is 142 Å². The molecule has 0 bridgehead atoms. The number of nitrogens with one attached hydrogen (secondary N) is 2. The van der Waals surface area contributed by atoms with Crippen molar-refractivity contribution in [2.45, 2.75) is 70.7 Å². The predicted molar refractivity (Wildman–Crippen MR) is 147 cm³/mol. The Bertz CT molecular complexity index is 1430. The lowest BCUT2D eigenvalue weighted by atomic mass is 9.72. The van der Waals surface area contributed by atoms with Gasteiger partial charge in [-0.25, -0.2) is 8.91 Å². The van der Waals surface area contributed by atoms with Crippen molar-refractivity contribution in [2.75, 3.05) is 19.0 Å². The van der Waals surface area contributed by atoms with Gasteiger partial charge in [-0.2, -0.15) is 10.4 Å². The van der Waals surface area contributed by atoms with Crippen molar-refractivity contribution < 1.29 is 23.8 Å². The highest BCUT2D eigenvalue weighted by Gasteiger charge is 2.34. The minimum atomic E-state index is -1.65. The third-order valence-electron chi connectivity index (χ3n) is 7.60. The number of methoxy groups -OCH3 is 1. The molecule has 0 spiro atoms. The van der Waals surface area contributed by atoms with Crippen LogP contribution in [0.4, 0.5) is 10.1 Å². The summed E-state index contributed by atoms with van der Waals surface area (Å²) in [5, 5.41) is 29.5. The van der Waals surface area contributed by atoms with Gasteiger partial charge in [0.2, 0.25) is 0 Å². The molecule has 3 N–H and O–H groups in total. The lowest BCUT2D eigenvalue weighted by Crippen LogP contribution is -2.42. The molecule has 0 aliphatic heterocycles. The third kappa shape index (κ3) is 6.57. The molecular weight excluding hydrogens is 515 g/mol. The Morgan fingerprint density at radius 2 is 2.02 bits per heavy atom. The van der Waals surface area contributed by atoms with Gasteiger partial charge in [0.05, 0.1) is 65.6 Å². The van der Waals surface area contributed by atoms with Crippen LogP contribution in [-0.4, -0.2) is 63.1 Å². The van der Waals surface area contributed by atoms with Crippen LogP contribution in [0.3, 0.4) is 0 Å². The Morgan fingerprint density at radius 3 is 2.67 bits per heavy atom. The van der Waals surface area contributed by atoms with E-state index in [1.54, 1.807) is 16.6 Å². The number of aliphatic hydroxyl groups is 1. The zero-order chi connectivity index (χ0) is 29.1. The van der Waals surface area contributed by atoms with Gasteiger partial charge in [-0.3, -0.25) is 14.6 Å². The number of halogens is 1. The number of amides is 1. The average Bonchev–Trinajstić information content (AvgIpc) is 3.35. The van der Waals surface area contributed by atoms with Crippen LogP contribution in [0, 0.1) is 16.7 Å². The van der Waals surface area contributed by atoms with Gasteiger partial charge in [-0.05, 0) is 69.2 Å². The van der Waals surface area contributed by atoms with Gasteiger partial charge in [0.15, 0.2) is 0 Å². The molecule has 1 fully saturated rings. The van der Waals surface area contributed by atoms with E-state index in [4.69, 9.17) is 4.74 Å². The Kier molecular flexibility index (Phi) is 8.40. The van der Waals surface area contributed by atoms with Crippen LogP contribution in [-0.2, 0) is 9.53 Å². The molecule has 1 atom stereocenters. The Hall–Kier alpha value is -4.04. The number of hydrogen-bond donors (Lipinski definition) is 3. The summed E-state index contributed by atoms with van der Waals surface area (Å²) in [7, 11) is 1.39. The van der Waals surface area contributed by atoms with E-state index in [0.717, 1.165) is 31.2 Å². The highest BCUT2D eigenvalue weighted by molar-refractivity contribution is 6.00. The highest BCUT2D eigenvalue weighted by Crippen LogP contribution is 2.40. The maximum Gasteiger partial charge on any atom is 0.306 e. The van der Waals surface area contributed by atoms with Crippen LogP contribution in [0.1, 0.15) is 68.8 Å². The lowest BCUT2D eigenvalue weighted by molar-refractivity contribution is -0.143. The molecule has 1 aliphatic carbocycles. The number of nitrogens with zero attached hydrogens (tertiary/aromatic N) is 4. The number of hydrogen-bond acceptors (Lipinski definition) is 8. The summed E-state index contributed by atoms with van der Waals surface area (Å²) in [6.07, 6.45) is 4.80. The van der Waals surface area contributed by atoms with Crippen molar-refractivity contribution in [2.24, 2.45) is 5.41 Å². The van der Waals surface area contributed by atoms with Crippen molar-refractivity contribution in [1.29, 1.82) is 5.26 Å². The fraction of sp³-hybridized carbons (Fsp3) is 0.483. The Morgan fingerprint density at radius 1 is 1.30 bits per heavy atom. The number of nitriles is 1. The number of carbonyl (C=O) groups excluding carboxylic acids is 2. The number of ether oxygens (including phenoxy) is 1. The minimum Gasteiger partial charge on any atom is -0.469 e. The highest BCUT2D eigenvalue weighted by atomic mass is 19.1. The Labute approximate surface area is 232 Å². The van der Waals surface area contributed by atoms with E-state index in [9.17, 15) is 24.3 Å². The number of aromatic nitrogens is 3. The molecule has 1 aliphatic rings. The molecule has 3 heterocycles. The maximum absolute atomic E-state index is 14.3. The minimum absolute atomic E-state index is 0.0400. The summed E-state index contributed by atoms with van der Waals surface area (Å²) in [6, 6.07) is 9.28. The fourth-order valence-electron chi connectivity index (χ4n) is 4.95. The van der Waals surface area contributed by atoms with Crippen LogP contribution in [0.2, 0.25) is 0 Å². The molecule has 1 saturated carbocycles. The molecule has 40 heavy (non-hydrogen) atoms. The largest absolute Gasteiger partial charge is 0.469 e. The molecule has 212 valence electrons. The number of alkyl halides is 1. The van der Waals surface area contributed by atoms with Crippen molar-refractivity contribution >= 4 is 23.1 Å². The van der Waals surface area contributed by atoms with Crippen molar-refractivity contribution in [3.63, 3.8) is 0 Å².